The number of hydrogen-bond acceptors (Lipinski definition) is 2. The molecule has 1 aliphatic rings. The average molecular weight is 253 g/mol. The van der Waals surface area contributed by atoms with Crippen molar-refractivity contribution in [2.75, 3.05) is 5.73 Å². The first kappa shape index (κ1) is 10.2. The van der Waals surface area contributed by atoms with Gasteiger partial charge in [-0.25, -0.2) is 0 Å². The molecule has 3 rings (SSSR count). The maximum Gasteiger partial charge on any atom is 0.0913 e. The van der Waals surface area contributed by atoms with Crippen LogP contribution in [-0.4, -0.2) is 4.98 Å². The minimum Gasteiger partial charge on any atom is -0.398 e. The molecule has 0 aliphatic heterocycles. The van der Waals surface area contributed by atoms with Crippen molar-refractivity contribution in [3.05, 3.63) is 33.4 Å². The van der Waals surface area contributed by atoms with E-state index < -0.39 is 0 Å². The summed E-state index contributed by atoms with van der Waals surface area (Å²) >= 11 is 12.1. The molecule has 0 bridgehead atoms. The van der Waals surface area contributed by atoms with Crippen LogP contribution >= 0.6 is 23.2 Å². The van der Waals surface area contributed by atoms with Gasteiger partial charge < -0.3 is 5.73 Å². The quantitative estimate of drug-likeness (QED) is 0.778. The Kier molecular flexibility index (Phi) is 2.23. The molecule has 0 radical (unpaired) electrons. The average Bonchev–Trinajstić information content (AvgIpc) is 2.68. The van der Waals surface area contributed by atoms with Crippen molar-refractivity contribution in [1.29, 1.82) is 0 Å². The van der Waals surface area contributed by atoms with Crippen LogP contribution in [0.5, 0.6) is 0 Å². The third-order valence-corrected chi connectivity index (χ3v) is 3.59. The molecule has 0 saturated carbocycles. The highest BCUT2D eigenvalue weighted by Crippen LogP contribution is 2.36. The van der Waals surface area contributed by atoms with Gasteiger partial charge in [0, 0.05) is 21.8 Å². The summed E-state index contributed by atoms with van der Waals surface area (Å²) < 4.78 is 0. The minimum atomic E-state index is 0.573. The predicted octanol–water partition coefficient (Wildman–Crippen LogP) is 3.61. The molecular formula is C12H10Cl2N2. The molecule has 2 N–H and O–H groups in total. The number of fused-ring (bicyclic) bond motifs is 2. The monoisotopic (exact) mass is 252 g/mol. The van der Waals surface area contributed by atoms with Crippen molar-refractivity contribution in [1.82, 2.24) is 4.98 Å². The number of nitrogens with two attached hydrogens (primary N) is 1. The van der Waals surface area contributed by atoms with E-state index in [0.29, 0.717) is 10.0 Å². The fraction of sp³-hybridized carbons (Fsp3) is 0.250. The number of aryl methyl sites for hydroxylation is 1. The first-order valence-corrected chi connectivity index (χ1v) is 5.98. The Hall–Kier alpha value is -0.990. The van der Waals surface area contributed by atoms with Crippen molar-refractivity contribution in [2.24, 2.45) is 0 Å². The van der Waals surface area contributed by atoms with Crippen molar-refractivity contribution < 1.29 is 0 Å². The summed E-state index contributed by atoms with van der Waals surface area (Å²) in [5, 5.41) is 2.05. The second-order valence-electron chi connectivity index (χ2n) is 4.09. The topological polar surface area (TPSA) is 38.9 Å². The van der Waals surface area contributed by atoms with Crippen LogP contribution in [0, 0.1) is 0 Å². The third kappa shape index (κ3) is 1.37. The van der Waals surface area contributed by atoms with Crippen molar-refractivity contribution in [2.45, 2.75) is 19.3 Å². The SMILES string of the molecule is Nc1c2c(nc3c(Cl)cc(Cl)cc13)CCC2. The Morgan fingerprint density at radius 2 is 2.00 bits per heavy atom. The molecular weight excluding hydrogens is 243 g/mol. The highest BCUT2D eigenvalue weighted by Gasteiger charge is 2.19. The molecule has 1 heterocycles. The number of rotatable bonds is 0. The molecule has 0 atom stereocenters. The third-order valence-electron chi connectivity index (χ3n) is 3.08. The second kappa shape index (κ2) is 3.51. The van der Waals surface area contributed by atoms with Crippen molar-refractivity contribution in [3.63, 3.8) is 0 Å². The van der Waals surface area contributed by atoms with Gasteiger partial charge in [-0.1, -0.05) is 23.2 Å². The van der Waals surface area contributed by atoms with Gasteiger partial charge in [0.05, 0.1) is 10.5 Å². The second-order valence-corrected chi connectivity index (χ2v) is 4.93. The van der Waals surface area contributed by atoms with E-state index in [1.165, 1.54) is 5.56 Å². The van der Waals surface area contributed by atoms with Crippen LogP contribution < -0.4 is 5.73 Å². The van der Waals surface area contributed by atoms with Gasteiger partial charge in [-0.2, -0.15) is 0 Å². The van der Waals surface area contributed by atoms with Crippen LogP contribution in [0.25, 0.3) is 10.9 Å². The molecule has 0 fully saturated rings. The van der Waals surface area contributed by atoms with E-state index in [4.69, 9.17) is 28.9 Å². The first-order chi connectivity index (χ1) is 7.66. The largest absolute Gasteiger partial charge is 0.398 e. The first-order valence-electron chi connectivity index (χ1n) is 5.23. The molecule has 16 heavy (non-hydrogen) atoms. The molecule has 2 aromatic rings. The van der Waals surface area contributed by atoms with Gasteiger partial charge >= 0.3 is 0 Å². The van der Waals surface area contributed by atoms with Crippen LogP contribution in [-0.2, 0) is 12.8 Å². The molecule has 0 saturated heterocycles. The predicted molar refractivity (Wildman–Crippen MR) is 68.2 cm³/mol. The molecule has 0 unspecified atom stereocenters. The van der Waals surface area contributed by atoms with Gasteiger partial charge in [-0.05, 0) is 37.0 Å². The molecule has 1 aromatic heterocycles. The summed E-state index contributed by atoms with van der Waals surface area (Å²) in [4.78, 5) is 4.59. The van der Waals surface area contributed by atoms with E-state index in [0.717, 1.165) is 41.5 Å². The van der Waals surface area contributed by atoms with E-state index in [1.54, 1.807) is 6.07 Å². The maximum atomic E-state index is 6.15. The van der Waals surface area contributed by atoms with E-state index in [9.17, 15) is 0 Å². The summed E-state index contributed by atoms with van der Waals surface area (Å²) in [7, 11) is 0. The number of nitrogen functional groups attached to an aromatic ring is 1. The van der Waals surface area contributed by atoms with Gasteiger partial charge in [0.15, 0.2) is 0 Å². The maximum absolute atomic E-state index is 6.15. The molecule has 2 nitrogen and oxygen atoms in total. The van der Waals surface area contributed by atoms with Crippen LogP contribution in [0.2, 0.25) is 10.0 Å². The van der Waals surface area contributed by atoms with Crippen LogP contribution in [0.3, 0.4) is 0 Å². The highest BCUT2D eigenvalue weighted by atomic mass is 35.5. The normalized spacial score (nSPS) is 14.4. The number of halogens is 2. The molecule has 1 aromatic carbocycles. The molecule has 4 heteroatoms. The van der Waals surface area contributed by atoms with Gasteiger partial charge in [0.25, 0.3) is 0 Å². The fourth-order valence-corrected chi connectivity index (χ4v) is 2.86. The molecule has 0 spiro atoms. The van der Waals surface area contributed by atoms with E-state index >= 15 is 0 Å². The number of nitrogens with zero attached hydrogens (tertiary/aromatic N) is 1. The van der Waals surface area contributed by atoms with Crippen LogP contribution in [0.1, 0.15) is 17.7 Å². The van der Waals surface area contributed by atoms with Crippen LogP contribution in [0.15, 0.2) is 12.1 Å². The number of benzene rings is 1. The zero-order chi connectivity index (χ0) is 11.3. The van der Waals surface area contributed by atoms with Gasteiger partial charge in [-0.15, -0.1) is 0 Å². The van der Waals surface area contributed by atoms with Gasteiger partial charge in [0.1, 0.15) is 0 Å². The highest BCUT2D eigenvalue weighted by molar-refractivity contribution is 6.38. The zero-order valence-electron chi connectivity index (χ0n) is 8.56. The Morgan fingerprint density at radius 1 is 1.19 bits per heavy atom. The number of aromatic nitrogens is 1. The smallest absolute Gasteiger partial charge is 0.0913 e. The lowest BCUT2D eigenvalue weighted by Gasteiger charge is -2.09. The van der Waals surface area contributed by atoms with Crippen molar-refractivity contribution in [3.8, 4) is 0 Å². The number of anilines is 1. The summed E-state index contributed by atoms with van der Waals surface area (Å²) in [6, 6.07) is 3.54. The summed E-state index contributed by atoms with van der Waals surface area (Å²) in [6.07, 6.45) is 3.12. The number of hydrogen-bond donors (Lipinski definition) is 1. The van der Waals surface area contributed by atoms with Crippen LogP contribution in [0.4, 0.5) is 5.69 Å². The summed E-state index contributed by atoms with van der Waals surface area (Å²) in [5.41, 5.74) is 9.98. The minimum absolute atomic E-state index is 0.573. The lowest BCUT2D eigenvalue weighted by atomic mass is 10.1. The molecule has 1 aliphatic carbocycles. The Balaban J connectivity index is 2.46. The lowest BCUT2D eigenvalue weighted by molar-refractivity contribution is 0.901. The number of pyridine rings is 1. The lowest BCUT2D eigenvalue weighted by Crippen LogP contribution is -1.98. The van der Waals surface area contributed by atoms with E-state index in [2.05, 4.69) is 4.98 Å². The fourth-order valence-electron chi connectivity index (χ4n) is 2.32. The van der Waals surface area contributed by atoms with E-state index in [1.807, 2.05) is 6.07 Å². The molecule has 0 amide bonds. The zero-order valence-corrected chi connectivity index (χ0v) is 10.1. The Labute approximate surface area is 103 Å². The Morgan fingerprint density at radius 3 is 2.81 bits per heavy atom. The standard InChI is InChI=1S/C12H10Cl2N2/c13-6-4-8-11(15)7-2-1-3-10(7)16-12(8)9(14)5-6/h4-5H,1-3H2,(H2,15,16). The summed E-state index contributed by atoms with van der Waals surface area (Å²) in [6.45, 7) is 0. The van der Waals surface area contributed by atoms with Gasteiger partial charge in [0.2, 0.25) is 0 Å². The summed E-state index contributed by atoms with van der Waals surface area (Å²) in [5.74, 6) is 0. The molecule has 82 valence electrons. The van der Waals surface area contributed by atoms with E-state index in [-0.39, 0.29) is 0 Å². The van der Waals surface area contributed by atoms with Gasteiger partial charge in [-0.3, -0.25) is 4.98 Å². The Bertz CT molecular complexity index is 593. The van der Waals surface area contributed by atoms with Crippen molar-refractivity contribution >= 4 is 39.8 Å².